The van der Waals surface area contributed by atoms with Crippen LogP contribution in [0.3, 0.4) is 0 Å². The molecule has 0 aliphatic carbocycles. The molecular formula is C20H31N3O9. The molecule has 0 saturated carbocycles. The minimum atomic E-state index is -0.661. The number of carbonyl (C=O) groups is 4. The first kappa shape index (κ1) is 31.0. The molecule has 1 aliphatic heterocycles. The molecule has 0 unspecified atom stereocenters. The Labute approximate surface area is 187 Å². The summed E-state index contributed by atoms with van der Waals surface area (Å²) in [5.74, 6) is 2.83. The van der Waals surface area contributed by atoms with Gasteiger partial charge in [-0.3, -0.25) is 9.59 Å². The van der Waals surface area contributed by atoms with Crippen LogP contribution in [0.2, 0.25) is 0 Å². The van der Waals surface area contributed by atoms with Gasteiger partial charge in [-0.2, -0.15) is 0 Å². The van der Waals surface area contributed by atoms with Crippen LogP contribution in [0.5, 0.6) is 0 Å². The van der Waals surface area contributed by atoms with Crippen LogP contribution >= 0.6 is 0 Å². The third kappa shape index (κ3) is 18.8. The quantitative estimate of drug-likeness (QED) is 0.229. The molecule has 0 bridgehead atoms. The Kier molecular flexibility index (Phi) is 21.8. The van der Waals surface area contributed by atoms with Gasteiger partial charge in [0, 0.05) is 27.1 Å². The first-order valence-electron chi connectivity index (χ1n) is 9.47. The predicted molar refractivity (Wildman–Crippen MR) is 112 cm³/mol. The molecule has 3 amide bonds. The molecule has 1 rings (SSSR count). The van der Waals surface area contributed by atoms with E-state index in [-0.39, 0.29) is 39.0 Å². The summed E-state index contributed by atoms with van der Waals surface area (Å²) in [6.45, 7) is 2.16. The fourth-order valence-corrected chi connectivity index (χ4v) is 1.60. The van der Waals surface area contributed by atoms with E-state index >= 15 is 0 Å². The number of hydrogen-bond acceptors (Lipinski definition) is 10. The number of nitrogens with one attached hydrogen (secondary N) is 1. The van der Waals surface area contributed by atoms with E-state index < -0.39 is 23.9 Å². The summed E-state index contributed by atoms with van der Waals surface area (Å²) < 4.78 is 19.1. The molecule has 0 aromatic carbocycles. The second-order valence-electron chi connectivity index (χ2n) is 5.49. The monoisotopic (exact) mass is 457 g/mol. The summed E-state index contributed by atoms with van der Waals surface area (Å²) in [6.07, 6.45) is 9.20. The van der Waals surface area contributed by atoms with Crippen molar-refractivity contribution < 1.29 is 43.0 Å². The van der Waals surface area contributed by atoms with Crippen LogP contribution < -0.4 is 11.1 Å². The highest BCUT2D eigenvalue weighted by Gasteiger charge is 2.32. The highest BCUT2D eigenvalue weighted by atomic mass is 16.7. The number of hydroxylamine groups is 2. The fraction of sp³-hybridized carbons (Fsp3) is 0.600. The number of methoxy groups -OCH3 is 2. The molecule has 180 valence electrons. The summed E-state index contributed by atoms with van der Waals surface area (Å²) >= 11 is 0. The van der Waals surface area contributed by atoms with E-state index in [9.17, 15) is 19.2 Å². The van der Waals surface area contributed by atoms with E-state index in [1.54, 1.807) is 7.11 Å². The van der Waals surface area contributed by atoms with Gasteiger partial charge in [0.1, 0.15) is 6.61 Å². The second kappa shape index (κ2) is 22.5. The standard InChI is InChI=1S/C10H15NO6.C7H11NO3.C3H5N/c1-15-6-7-16-5-4-10(14)17-11-8(12)2-3-9(11)13;1-3-4-8-7(9)11-6-5-10-2;1-2-3-4/h2-7H2,1H3;1H,4-6H2,2H3,(H,8,9);1H,3-4H2. The maximum Gasteiger partial charge on any atom is 0.407 e. The topological polar surface area (TPSA) is 156 Å². The van der Waals surface area contributed by atoms with E-state index in [1.807, 2.05) is 0 Å². The first-order valence-corrected chi connectivity index (χ1v) is 9.47. The summed E-state index contributed by atoms with van der Waals surface area (Å²) in [4.78, 5) is 48.7. The van der Waals surface area contributed by atoms with E-state index in [0.29, 0.717) is 31.4 Å². The molecule has 12 heteroatoms. The van der Waals surface area contributed by atoms with E-state index in [0.717, 1.165) is 0 Å². The Bertz CT molecular complexity index is 625. The van der Waals surface area contributed by atoms with Crippen LogP contribution in [-0.2, 0) is 38.2 Å². The highest BCUT2D eigenvalue weighted by molar-refractivity contribution is 6.01. The summed E-state index contributed by atoms with van der Waals surface area (Å²) in [5.41, 5.74) is 4.79. The zero-order valence-electron chi connectivity index (χ0n) is 18.4. The maximum absolute atomic E-state index is 11.2. The molecule has 1 heterocycles. The van der Waals surface area contributed by atoms with Gasteiger partial charge in [0.15, 0.2) is 0 Å². The third-order valence-corrected chi connectivity index (χ3v) is 3.05. The van der Waals surface area contributed by atoms with Gasteiger partial charge in [0.2, 0.25) is 0 Å². The predicted octanol–water partition coefficient (Wildman–Crippen LogP) is -0.783. The minimum Gasteiger partial charge on any atom is -0.447 e. The average Bonchev–Trinajstić information content (AvgIpc) is 3.10. The molecular weight excluding hydrogens is 426 g/mol. The van der Waals surface area contributed by atoms with Gasteiger partial charge in [-0.05, 0) is 0 Å². The van der Waals surface area contributed by atoms with Crippen LogP contribution in [0.4, 0.5) is 4.79 Å². The Morgan fingerprint density at radius 2 is 1.56 bits per heavy atom. The van der Waals surface area contributed by atoms with E-state index in [1.165, 1.54) is 7.11 Å². The fourth-order valence-electron chi connectivity index (χ4n) is 1.60. The van der Waals surface area contributed by atoms with Crippen LogP contribution in [0.1, 0.15) is 19.3 Å². The van der Waals surface area contributed by atoms with E-state index in [4.69, 9.17) is 21.6 Å². The van der Waals surface area contributed by atoms with Gasteiger partial charge in [-0.25, -0.2) is 9.59 Å². The number of imide groups is 1. The van der Waals surface area contributed by atoms with Crippen LogP contribution in [0.25, 0.3) is 0 Å². The number of hydrogen-bond donors (Lipinski definition) is 2. The summed E-state index contributed by atoms with van der Waals surface area (Å²) in [6, 6.07) is 0. The molecule has 1 aliphatic rings. The SMILES string of the molecule is C#CCN.C#CCNC(=O)OCCOC.COCCOCCC(=O)ON1C(=O)CCC1=O. The van der Waals surface area contributed by atoms with Crippen LogP contribution in [0.15, 0.2) is 0 Å². The first-order chi connectivity index (χ1) is 15.4. The molecule has 1 fully saturated rings. The average molecular weight is 457 g/mol. The molecule has 0 aromatic rings. The largest absolute Gasteiger partial charge is 0.447 e. The van der Waals surface area contributed by atoms with Gasteiger partial charge >= 0.3 is 12.1 Å². The zero-order chi connectivity index (χ0) is 24.6. The highest BCUT2D eigenvalue weighted by Crippen LogP contribution is 2.12. The van der Waals surface area contributed by atoms with Crippen molar-refractivity contribution in [3.05, 3.63) is 0 Å². The van der Waals surface area contributed by atoms with Crippen LogP contribution in [0, 0.1) is 24.7 Å². The molecule has 0 aromatic heterocycles. The van der Waals surface area contributed by atoms with Crippen molar-refractivity contribution in [2.45, 2.75) is 19.3 Å². The smallest absolute Gasteiger partial charge is 0.407 e. The molecule has 32 heavy (non-hydrogen) atoms. The number of carbonyl (C=O) groups excluding carboxylic acids is 4. The van der Waals surface area contributed by atoms with Crippen LogP contribution in [-0.4, -0.2) is 89.3 Å². The molecule has 0 spiro atoms. The zero-order valence-corrected chi connectivity index (χ0v) is 18.4. The Morgan fingerprint density at radius 1 is 1.00 bits per heavy atom. The molecule has 3 N–H and O–H groups in total. The lowest BCUT2D eigenvalue weighted by molar-refractivity contribution is -0.198. The van der Waals surface area contributed by atoms with Gasteiger partial charge in [0.25, 0.3) is 11.8 Å². The molecule has 0 radical (unpaired) electrons. The Hall–Kier alpha value is -3.16. The van der Waals surface area contributed by atoms with Crippen molar-refractivity contribution in [2.75, 3.05) is 60.3 Å². The van der Waals surface area contributed by atoms with Gasteiger partial charge in [-0.15, -0.1) is 17.9 Å². The second-order valence-corrected chi connectivity index (χ2v) is 5.49. The van der Waals surface area contributed by atoms with Crippen molar-refractivity contribution in [1.29, 1.82) is 0 Å². The van der Waals surface area contributed by atoms with Crippen molar-refractivity contribution in [3.8, 4) is 24.7 Å². The number of ether oxygens (including phenoxy) is 4. The van der Waals surface area contributed by atoms with Crippen molar-refractivity contribution in [3.63, 3.8) is 0 Å². The third-order valence-electron chi connectivity index (χ3n) is 3.05. The van der Waals surface area contributed by atoms with Crippen molar-refractivity contribution in [2.24, 2.45) is 5.73 Å². The lowest BCUT2D eigenvalue weighted by Crippen LogP contribution is -2.32. The van der Waals surface area contributed by atoms with E-state index in [2.05, 4.69) is 37.9 Å². The van der Waals surface area contributed by atoms with Gasteiger partial charge in [-0.1, -0.05) is 11.8 Å². The van der Waals surface area contributed by atoms with Gasteiger partial charge in [0.05, 0.1) is 45.9 Å². The number of alkyl carbamates (subject to hydrolysis) is 1. The van der Waals surface area contributed by atoms with Crippen molar-refractivity contribution >= 4 is 23.9 Å². The summed E-state index contributed by atoms with van der Waals surface area (Å²) in [5, 5.41) is 2.86. The maximum atomic E-state index is 11.2. The summed E-state index contributed by atoms with van der Waals surface area (Å²) in [7, 11) is 3.07. The molecule has 0 atom stereocenters. The van der Waals surface area contributed by atoms with Crippen molar-refractivity contribution in [1.82, 2.24) is 10.4 Å². The number of rotatable bonds is 11. The number of terminal acetylenes is 2. The van der Waals surface area contributed by atoms with Gasteiger partial charge < -0.3 is 34.8 Å². The number of amides is 3. The Morgan fingerprint density at radius 3 is 2.06 bits per heavy atom. The molecule has 1 saturated heterocycles. The number of nitrogens with two attached hydrogens (primary N) is 1. The minimum absolute atomic E-state index is 0.0131. The Balaban J connectivity index is 0. The lowest BCUT2D eigenvalue weighted by Gasteiger charge is -2.12. The lowest BCUT2D eigenvalue weighted by atomic mass is 10.4. The molecule has 12 nitrogen and oxygen atoms in total. The normalized spacial score (nSPS) is 11.7. The number of nitrogens with zero attached hydrogens (tertiary/aromatic N) is 1.